The molecule has 0 heterocycles. The van der Waals surface area contributed by atoms with Gasteiger partial charge in [-0.15, -0.1) is 0 Å². The summed E-state index contributed by atoms with van der Waals surface area (Å²) >= 11 is 0. The second kappa shape index (κ2) is 54.2. The number of ether oxygens (including phenoxy) is 4. The van der Waals surface area contributed by atoms with E-state index in [1.54, 1.807) is 0 Å². The van der Waals surface area contributed by atoms with Crippen molar-refractivity contribution in [2.24, 2.45) is 23.7 Å². The molecule has 0 saturated carbocycles. The number of phosphoric acid groups is 2. The molecule has 0 aromatic rings. The Morgan fingerprint density at radius 1 is 0.337 bits per heavy atom. The maximum atomic E-state index is 13.0. The zero-order chi connectivity index (χ0) is 61.8. The van der Waals surface area contributed by atoms with Crippen molar-refractivity contribution < 1.29 is 80.2 Å². The van der Waals surface area contributed by atoms with Crippen LogP contribution in [0.5, 0.6) is 0 Å². The van der Waals surface area contributed by atoms with Gasteiger partial charge >= 0.3 is 39.5 Å². The van der Waals surface area contributed by atoms with E-state index in [4.69, 9.17) is 37.0 Å². The van der Waals surface area contributed by atoms with Crippen LogP contribution in [0.25, 0.3) is 0 Å². The largest absolute Gasteiger partial charge is 0.472 e. The first-order chi connectivity index (χ1) is 39.7. The van der Waals surface area contributed by atoms with Crippen molar-refractivity contribution in [3.05, 3.63) is 0 Å². The van der Waals surface area contributed by atoms with E-state index < -0.39 is 97.5 Å². The molecule has 0 saturated heterocycles. The normalized spacial score (nSPS) is 15.4. The summed E-state index contributed by atoms with van der Waals surface area (Å²) in [5.41, 5.74) is 0. The maximum absolute atomic E-state index is 13.0. The summed E-state index contributed by atoms with van der Waals surface area (Å²) in [7, 11) is -9.89. The van der Waals surface area contributed by atoms with E-state index in [2.05, 4.69) is 55.4 Å². The highest BCUT2D eigenvalue weighted by atomic mass is 31.2. The molecular formula is C64H124O17P2. The molecule has 8 atom stereocenters. The van der Waals surface area contributed by atoms with Crippen LogP contribution in [0, 0.1) is 23.7 Å². The van der Waals surface area contributed by atoms with Crippen LogP contribution in [0.3, 0.4) is 0 Å². The van der Waals surface area contributed by atoms with Crippen molar-refractivity contribution in [1.82, 2.24) is 0 Å². The van der Waals surface area contributed by atoms with Gasteiger partial charge in [0.15, 0.2) is 12.2 Å². The van der Waals surface area contributed by atoms with Gasteiger partial charge < -0.3 is 33.8 Å². The topological polar surface area (TPSA) is 237 Å². The third-order valence-corrected chi connectivity index (χ3v) is 17.6. The van der Waals surface area contributed by atoms with Crippen LogP contribution >= 0.6 is 15.6 Å². The minimum atomic E-state index is -4.95. The summed E-state index contributed by atoms with van der Waals surface area (Å²) in [6, 6.07) is 0. The van der Waals surface area contributed by atoms with Crippen molar-refractivity contribution in [1.29, 1.82) is 0 Å². The van der Waals surface area contributed by atoms with E-state index in [0.717, 1.165) is 120 Å². The van der Waals surface area contributed by atoms with Gasteiger partial charge in [0.05, 0.1) is 26.4 Å². The zero-order valence-electron chi connectivity index (χ0n) is 53.8. The number of hydrogen-bond donors (Lipinski definition) is 3. The molecule has 0 bridgehead atoms. The fourth-order valence-corrected chi connectivity index (χ4v) is 10.9. The summed E-state index contributed by atoms with van der Waals surface area (Å²) in [6.07, 6.45) is 33.5. The lowest BCUT2D eigenvalue weighted by molar-refractivity contribution is -0.161. The van der Waals surface area contributed by atoms with E-state index in [-0.39, 0.29) is 25.7 Å². The monoisotopic (exact) mass is 1230 g/mol. The molecule has 0 fully saturated rings. The zero-order valence-corrected chi connectivity index (χ0v) is 55.6. The van der Waals surface area contributed by atoms with Gasteiger partial charge in [-0.2, -0.15) is 0 Å². The number of unbranched alkanes of at least 4 members (excludes halogenated alkanes) is 24. The van der Waals surface area contributed by atoms with Gasteiger partial charge in [-0.25, -0.2) is 9.13 Å². The molecule has 0 aromatic heterocycles. The van der Waals surface area contributed by atoms with Crippen molar-refractivity contribution in [2.45, 2.75) is 324 Å². The van der Waals surface area contributed by atoms with Crippen molar-refractivity contribution in [2.75, 3.05) is 39.6 Å². The highest BCUT2D eigenvalue weighted by Gasteiger charge is 2.30. The number of hydrogen-bond acceptors (Lipinski definition) is 15. The second-order valence-electron chi connectivity index (χ2n) is 24.4. The number of rotatable bonds is 61. The summed E-state index contributed by atoms with van der Waals surface area (Å²) in [4.78, 5) is 72.2. The molecule has 83 heavy (non-hydrogen) atoms. The Morgan fingerprint density at radius 2 is 0.578 bits per heavy atom. The fraction of sp³-hybridized carbons (Fsp3) is 0.938. The van der Waals surface area contributed by atoms with Gasteiger partial charge in [0.1, 0.15) is 19.3 Å². The van der Waals surface area contributed by atoms with Crippen LogP contribution in [-0.4, -0.2) is 96.7 Å². The molecular weight excluding hydrogens is 1100 g/mol. The molecule has 17 nitrogen and oxygen atoms in total. The summed E-state index contributed by atoms with van der Waals surface area (Å²) in [5, 5.41) is 10.5. The smallest absolute Gasteiger partial charge is 0.462 e. The first-order valence-electron chi connectivity index (χ1n) is 33.3. The highest BCUT2D eigenvalue weighted by Crippen LogP contribution is 2.45. The number of phosphoric ester groups is 2. The molecule has 0 aliphatic carbocycles. The Hall–Kier alpha value is -1.94. The third-order valence-electron chi connectivity index (χ3n) is 15.7. The minimum Gasteiger partial charge on any atom is -0.462 e. The van der Waals surface area contributed by atoms with Gasteiger partial charge in [0.2, 0.25) is 0 Å². The third kappa shape index (κ3) is 55.1. The summed E-state index contributed by atoms with van der Waals surface area (Å²) in [5.74, 6) is 0.804. The molecule has 492 valence electrons. The lowest BCUT2D eigenvalue weighted by atomic mass is 9.99. The van der Waals surface area contributed by atoms with Gasteiger partial charge in [0, 0.05) is 25.7 Å². The average Bonchev–Trinajstić information content (AvgIpc) is 3.46. The van der Waals surface area contributed by atoms with Crippen molar-refractivity contribution in [3.63, 3.8) is 0 Å². The van der Waals surface area contributed by atoms with Crippen LogP contribution < -0.4 is 0 Å². The number of aliphatic hydroxyl groups excluding tert-OH is 1. The average molecular weight is 1230 g/mol. The number of carbonyl (C=O) groups excluding carboxylic acids is 4. The Bertz CT molecular complexity index is 1670. The van der Waals surface area contributed by atoms with E-state index in [1.807, 2.05) is 0 Å². The standard InChI is InChI=1S/C64H124O17P2/c1-9-55(6)41-33-25-17-13-15-19-30-38-46-63(68)80-59(51-75-62(67)45-37-29-22-20-26-34-42-56(7)10-2)52-78-82(70,71)76-48-58(65)49-77-83(72,73)79-53-60(81-64(69)47-39-31-23-21-27-35-43-57(8)11-3)50-74-61(66)44-36-28-18-14-12-16-24-32-40-54(4)5/h54-60,65H,9-53H2,1-8H3,(H,70,71)(H,72,73)/t55?,56?,57?,58?,59-,60-/m1/s1. The molecule has 19 heteroatoms. The van der Waals surface area contributed by atoms with Gasteiger partial charge in [-0.1, -0.05) is 254 Å². The summed E-state index contributed by atoms with van der Waals surface area (Å²) < 4.78 is 68.0. The highest BCUT2D eigenvalue weighted by molar-refractivity contribution is 7.47. The molecule has 6 unspecified atom stereocenters. The first kappa shape index (κ1) is 81.1. The molecule has 0 spiro atoms. The summed E-state index contributed by atoms with van der Waals surface area (Å²) in [6.45, 7) is 14.0. The van der Waals surface area contributed by atoms with Gasteiger partial charge in [0.25, 0.3) is 0 Å². The number of esters is 4. The van der Waals surface area contributed by atoms with E-state index in [9.17, 15) is 43.2 Å². The number of carbonyl (C=O) groups is 4. The van der Waals surface area contributed by atoms with E-state index in [0.29, 0.717) is 25.7 Å². The molecule has 0 radical (unpaired) electrons. The lowest BCUT2D eigenvalue weighted by Gasteiger charge is -2.21. The fourth-order valence-electron chi connectivity index (χ4n) is 9.33. The first-order valence-corrected chi connectivity index (χ1v) is 36.3. The predicted octanol–water partition coefficient (Wildman–Crippen LogP) is 17.4. The van der Waals surface area contributed by atoms with Crippen LogP contribution in [-0.2, 0) is 65.4 Å². The molecule has 0 aliphatic rings. The predicted molar refractivity (Wildman–Crippen MR) is 331 cm³/mol. The van der Waals surface area contributed by atoms with E-state index >= 15 is 0 Å². The molecule has 0 rings (SSSR count). The molecule has 0 aromatic carbocycles. The van der Waals surface area contributed by atoms with Gasteiger partial charge in [-0.3, -0.25) is 37.3 Å². The second-order valence-corrected chi connectivity index (χ2v) is 27.3. The van der Waals surface area contributed by atoms with Crippen LogP contribution in [0.2, 0.25) is 0 Å². The Morgan fingerprint density at radius 3 is 0.855 bits per heavy atom. The van der Waals surface area contributed by atoms with Gasteiger partial charge in [-0.05, 0) is 49.4 Å². The van der Waals surface area contributed by atoms with Crippen LogP contribution in [0.1, 0.15) is 306 Å². The van der Waals surface area contributed by atoms with Crippen LogP contribution in [0.4, 0.5) is 0 Å². The van der Waals surface area contributed by atoms with E-state index in [1.165, 1.54) is 103 Å². The maximum Gasteiger partial charge on any atom is 0.472 e. The van der Waals surface area contributed by atoms with Crippen LogP contribution in [0.15, 0.2) is 0 Å². The SMILES string of the molecule is CCC(C)CCCCCCCCCCC(=O)O[C@H](COC(=O)CCCCCCCCC(C)CC)COP(=O)(O)OCC(O)COP(=O)(O)OC[C@@H](COC(=O)CCCCCCCCCCC(C)C)OC(=O)CCCCCCCCC(C)CC. The Kier molecular flexibility index (Phi) is 53.0. The van der Waals surface area contributed by atoms with Crippen molar-refractivity contribution in [3.8, 4) is 0 Å². The Labute approximate surface area is 505 Å². The van der Waals surface area contributed by atoms with Crippen molar-refractivity contribution >= 4 is 39.5 Å². The molecule has 0 amide bonds. The molecule has 0 aliphatic heterocycles. The minimum absolute atomic E-state index is 0.102. The molecule has 3 N–H and O–H groups in total. The quantitative estimate of drug-likeness (QED) is 0.0222. The lowest BCUT2D eigenvalue weighted by Crippen LogP contribution is -2.30. The number of aliphatic hydroxyl groups is 1. The Balaban J connectivity index is 5.27.